The van der Waals surface area contributed by atoms with Gasteiger partial charge in [-0.1, -0.05) is 18.2 Å². The lowest BCUT2D eigenvalue weighted by molar-refractivity contribution is 0.0527. The molecule has 1 rings (SSSR count). The Hall–Kier alpha value is -1.62. The molecule has 28 heavy (non-hydrogen) atoms. The van der Waals surface area contributed by atoms with E-state index in [2.05, 4.69) is 20.9 Å². The molecule has 0 saturated heterocycles. The van der Waals surface area contributed by atoms with Gasteiger partial charge in [-0.15, -0.1) is 24.0 Å². The standard InChI is InChI=1S/C19H31FN4O3.HI/c1-5-21-17(22-11-8-12-23-18(26)27-19(2,3)4)24-13-16(25)14-9-6-7-10-15(14)20;/h6-7,9-10,16,25H,5,8,11-13H2,1-4H3,(H,23,26)(H2,21,22,24);1H. The third kappa shape index (κ3) is 11.3. The minimum atomic E-state index is -1.02. The first-order valence-corrected chi connectivity index (χ1v) is 9.14. The van der Waals surface area contributed by atoms with E-state index in [0.717, 1.165) is 0 Å². The third-order valence-electron chi connectivity index (χ3n) is 3.35. The molecule has 0 aromatic heterocycles. The minimum Gasteiger partial charge on any atom is -0.444 e. The van der Waals surface area contributed by atoms with Crippen molar-refractivity contribution in [1.82, 2.24) is 16.0 Å². The van der Waals surface area contributed by atoms with Crippen LogP contribution in [0.4, 0.5) is 9.18 Å². The van der Waals surface area contributed by atoms with Crippen molar-refractivity contribution >= 4 is 36.0 Å². The number of carbonyl (C=O) groups is 1. The Morgan fingerprint density at radius 2 is 1.86 bits per heavy atom. The molecule has 1 aromatic rings. The van der Waals surface area contributed by atoms with Crippen LogP contribution in [0.3, 0.4) is 0 Å². The predicted octanol–water partition coefficient (Wildman–Crippen LogP) is 2.95. The summed E-state index contributed by atoms with van der Waals surface area (Å²) in [5.41, 5.74) is -0.301. The molecule has 7 nitrogen and oxygen atoms in total. The Bertz CT molecular complexity index is 623. The zero-order chi connectivity index (χ0) is 20.3. The molecule has 0 aliphatic heterocycles. The number of hydrogen-bond acceptors (Lipinski definition) is 4. The van der Waals surface area contributed by atoms with Gasteiger partial charge in [0.1, 0.15) is 17.5 Å². The van der Waals surface area contributed by atoms with Gasteiger partial charge in [0.25, 0.3) is 0 Å². The van der Waals surface area contributed by atoms with Crippen molar-refractivity contribution in [2.75, 3.05) is 26.2 Å². The van der Waals surface area contributed by atoms with Gasteiger partial charge in [0.05, 0.1) is 6.54 Å². The van der Waals surface area contributed by atoms with Crippen molar-refractivity contribution < 1.29 is 19.0 Å². The van der Waals surface area contributed by atoms with Gasteiger partial charge in [-0.3, -0.25) is 4.99 Å². The topological polar surface area (TPSA) is 95.0 Å². The molecule has 0 fully saturated rings. The Morgan fingerprint density at radius 1 is 1.21 bits per heavy atom. The van der Waals surface area contributed by atoms with Gasteiger partial charge < -0.3 is 25.8 Å². The molecule has 0 heterocycles. The Morgan fingerprint density at radius 3 is 2.46 bits per heavy atom. The van der Waals surface area contributed by atoms with Gasteiger partial charge >= 0.3 is 6.09 Å². The van der Waals surface area contributed by atoms with E-state index in [1.165, 1.54) is 12.1 Å². The van der Waals surface area contributed by atoms with Gasteiger partial charge in [0, 0.05) is 25.2 Å². The lowest BCUT2D eigenvalue weighted by atomic mass is 10.1. The summed E-state index contributed by atoms with van der Waals surface area (Å²) in [7, 11) is 0. The number of aliphatic hydroxyl groups excluding tert-OH is 1. The summed E-state index contributed by atoms with van der Waals surface area (Å²) in [6.07, 6.45) is -0.800. The van der Waals surface area contributed by atoms with Gasteiger partial charge in [0.15, 0.2) is 5.96 Å². The van der Waals surface area contributed by atoms with E-state index < -0.39 is 23.6 Å². The fourth-order valence-electron chi connectivity index (χ4n) is 2.16. The molecule has 0 bridgehead atoms. The van der Waals surface area contributed by atoms with Crippen molar-refractivity contribution in [3.8, 4) is 0 Å². The second-order valence-corrected chi connectivity index (χ2v) is 6.97. The Labute approximate surface area is 183 Å². The lowest BCUT2D eigenvalue weighted by Crippen LogP contribution is -2.39. The summed E-state index contributed by atoms with van der Waals surface area (Å²) in [5, 5.41) is 19.0. The molecule has 1 amide bonds. The number of rotatable bonds is 8. The molecular weight excluding hydrogens is 478 g/mol. The second kappa shape index (κ2) is 13.5. The maximum absolute atomic E-state index is 13.7. The molecule has 0 radical (unpaired) electrons. The van der Waals surface area contributed by atoms with Crippen LogP contribution in [0.15, 0.2) is 29.3 Å². The summed E-state index contributed by atoms with van der Waals surface area (Å²) < 4.78 is 18.8. The smallest absolute Gasteiger partial charge is 0.407 e. The molecule has 1 atom stereocenters. The van der Waals surface area contributed by atoms with Crippen LogP contribution < -0.4 is 16.0 Å². The summed E-state index contributed by atoms with van der Waals surface area (Å²) in [6.45, 7) is 9.06. The minimum absolute atomic E-state index is 0. The van der Waals surface area contributed by atoms with Crippen molar-refractivity contribution in [2.45, 2.75) is 45.8 Å². The number of nitrogens with zero attached hydrogens (tertiary/aromatic N) is 1. The first-order valence-electron chi connectivity index (χ1n) is 9.14. The number of hydrogen-bond donors (Lipinski definition) is 4. The summed E-state index contributed by atoms with van der Waals surface area (Å²) in [4.78, 5) is 15.8. The maximum atomic E-state index is 13.7. The summed E-state index contributed by atoms with van der Waals surface area (Å²) >= 11 is 0. The average molecular weight is 510 g/mol. The quantitative estimate of drug-likeness (QED) is 0.187. The molecular formula is C19H32FIN4O3. The molecule has 1 aromatic carbocycles. The van der Waals surface area contributed by atoms with Gasteiger partial charge in [-0.2, -0.15) is 0 Å². The van der Waals surface area contributed by atoms with Gasteiger partial charge in [-0.25, -0.2) is 9.18 Å². The SMILES string of the molecule is CCNC(=NCC(O)c1ccccc1F)NCCCNC(=O)OC(C)(C)C.I. The van der Waals surface area contributed by atoms with Crippen LogP contribution in [0.25, 0.3) is 0 Å². The number of halogens is 2. The van der Waals surface area contributed by atoms with E-state index in [9.17, 15) is 14.3 Å². The predicted molar refractivity (Wildman–Crippen MR) is 120 cm³/mol. The number of benzene rings is 1. The molecule has 9 heteroatoms. The summed E-state index contributed by atoms with van der Waals surface area (Å²) in [6, 6.07) is 6.10. The highest BCUT2D eigenvalue weighted by atomic mass is 127. The number of alkyl carbamates (subject to hydrolysis) is 1. The highest BCUT2D eigenvalue weighted by Gasteiger charge is 2.15. The number of aliphatic imine (C=N–C) groups is 1. The Kier molecular flexibility index (Phi) is 12.8. The van der Waals surface area contributed by atoms with Crippen molar-refractivity contribution in [2.24, 2.45) is 4.99 Å². The van der Waals surface area contributed by atoms with E-state index in [1.807, 2.05) is 27.7 Å². The number of ether oxygens (including phenoxy) is 1. The Balaban J connectivity index is 0.00000729. The van der Waals surface area contributed by atoms with Crippen molar-refractivity contribution in [1.29, 1.82) is 0 Å². The monoisotopic (exact) mass is 510 g/mol. The summed E-state index contributed by atoms with van der Waals surface area (Å²) in [5.74, 6) is 0.0662. The van der Waals surface area contributed by atoms with Crippen LogP contribution >= 0.6 is 24.0 Å². The molecule has 4 N–H and O–H groups in total. The number of nitrogens with one attached hydrogen (secondary N) is 3. The molecule has 0 aliphatic carbocycles. The third-order valence-corrected chi connectivity index (χ3v) is 3.35. The molecule has 1 unspecified atom stereocenters. The molecule has 160 valence electrons. The first kappa shape index (κ1) is 26.4. The zero-order valence-corrected chi connectivity index (χ0v) is 19.2. The maximum Gasteiger partial charge on any atom is 0.407 e. The fourth-order valence-corrected chi connectivity index (χ4v) is 2.16. The number of amides is 1. The normalized spacial score (nSPS) is 12.6. The van der Waals surface area contributed by atoms with E-state index in [0.29, 0.717) is 32.0 Å². The van der Waals surface area contributed by atoms with Crippen LogP contribution in [0.5, 0.6) is 0 Å². The van der Waals surface area contributed by atoms with E-state index in [-0.39, 0.29) is 36.1 Å². The van der Waals surface area contributed by atoms with Crippen LogP contribution in [-0.2, 0) is 4.74 Å². The van der Waals surface area contributed by atoms with Crippen LogP contribution in [0, 0.1) is 5.82 Å². The van der Waals surface area contributed by atoms with Crippen LogP contribution in [0.1, 0.15) is 45.8 Å². The first-order chi connectivity index (χ1) is 12.7. The van der Waals surface area contributed by atoms with Crippen LogP contribution in [-0.4, -0.2) is 48.9 Å². The fraction of sp³-hybridized carbons (Fsp3) is 0.579. The average Bonchev–Trinajstić information content (AvgIpc) is 2.57. The van der Waals surface area contributed by atoms with Crippen molar-refractivity contribution in [3.05, 3.63) is 35.6 Å². The lowest BCUT2D eigenvalue weighted by Gasteiger charge is -2.19. The number of carbonyl (C=O) groups excluding carboxylic acids is 1. The molecule has 0 spiro atoms. The molecule has 0 saturated carbocycles. The van der Waals surface area contributed by atoms with E-state index >= 15 is 0 Å². The highest BCUT2D eigenvalue weighted by molar-refractivity contribution is 14.0. The van der Waals surface area contributed by atoms with Crippen LogP contribution in [0.2, 0.25) is 0 Å². The number of guanidine groups is 1. The van der Waals surface area contributed by atoms with Gasteiger partial charge in [0.2, 0.25) is 0 Å². The zero-order valence-electron chi connectivity index (χ0n) is 16.9. The second-order valence-electron chi connectivity index (χ2n) is 6.97. The molecule has 0 aliphatic rings. The highest BCUT2D eigenvalue weighted by Crippen LogP contribution is 2.16. The van der Waals surface area contributed by atoms with Crippen molar-refractivity contribution in [3.63, 3.8) is 0 Å². The largest absolute Gasteiger partial charge is 0.444 e. The van der Waals surface area contributed by atoms with E-state index in [1.54, 1.807) is 12.1 Å². The van der Waals surface area contributed by atoms with E-state index in [4.69, 9.17) is 4.74 Å². The number of aliphatic hydroxyl groups is 1. The van der Waals surface area contributed by atoms with Gasteiger partial charge in [-0.05, 0) is 40.2 Å².